The number of carbonyl (C=O) groups is 2. The van der Waals surface area contributed by atoms with Crippen molar-refractivity contribution in [2.45, 2.75) is 24.5 Å². The van der Waals surface area contributed by atoms with Crippen molar-refractivity contribution in [1.82, 2.24) is 0 Å². The lowest BCUT2D eigenvalue weighted by atomic mass is 10.2. The average molecular weight is 588 g/mol. The SMILES string of the molecule is C=C(C)C(=O)OCCOc1ccc(C(=O)OC(C(F)(F)F)C(F)(F)S(=O)(=O)O)cc1I. The molecule has 1 unspecified atom stereocenters. The second-order valence-electron chi connectivity index (χ2n) is 5.77. The average Bonchev–Trinajstić information content (AvgIpc) is 2.61. The number of rotatable bonds is 9. The van der Waals surface area contributed by atoms with Crippen LogP contribution in [0.1, 0.15) is 17.3 Å². The lowest BCUT2D eigenvalue weighted by molar-refractivity contribution is -0.248. The molecule has 1 aromatic rings. The van der Waals surface area contributed by atoms with Gasteiger partial charge in [0, 0.05) is 5.57 Å². The van der Waals surface area contributed by atoms with E-state index in [-0.39, 0.29) is 28.1 Å². The van der Waals surface area contributed by atoms with E-state index in [2.05, 4.69) is 11.3 Å². The Kier molecular flexibility index (Phi) is 8.78. The zero-order valence-electron chi connectivity index (χ0n) is 15.4. The van der Waals surface area contributed by atoms with Gasteiger partial charge in [-0.15, -0.1) is 0 Å². The number of hydrogen-bond acceptors (Lipinski definition) is 7. The lowest BCUT2D eigenvalue weighted by Gasteiger charge is -2.26. The minimum Gasteiger partial charge on any atom is -0.489 e. The fourth-order valence-electron chi connectivity index (χ4n) is 1.79. The lowest BCUT2D eigenvalue weighted by Crippen LogP contribution is -2.52. The van der Waals surface area contributed by atoms with Crippen LogP contribution in [0.2, 0.25) is 0 Å². The van der Waals surface area contributed by atoms with Crippen molar-refractivity contribution >= 4 is 44.6 Å². The predicted molar refractivity (Wildman–Crippen MR) is 102 cm³/mol. The molecule has 15 heteroatoms. The molecule has 0 fully saturated rings. The molecule has 0 aromatic heterocycles. The van der Waals surface area contributed by atoms with E-state index in [1.54, 1.807) is 22.6 Å². The maximum Gasteiger partial charge on any atom is 0.432 e. The van der Waals surface area contributed by atoms with Crippen LogP contribution < -0.4 is 4.74 Å². The van der Waals surface area contributed by atoms with Crippen LogP contribution in [-0.2, 0) is 24.4 Å². The Hall–Kier alpha value is -2.01. The smallest absolute Gasteiger partial charge is 0.432 e. The van der Waals surface area contributed by atoms with Gasteiger partial charge in [-0.2, -0.15) is 30.4 Å². The standard InChI is InChI=1S/C16H14F5IO8S/c1-8(2)12(23)29-6-5-28-11-4-3-9(7-10(11)22)13(24)30-14(15(17,18)19)16(20,21)31(25,26)27/h3-4,7,14H,1,5-6H2,2H3,(H,25,26,27). The molecule has 0 heterocycles. The zero-order valence-corrected chi connectivity index (χ0v) is 18.4. The fraction of sp³-hybridized carbons (Fsp3) is 0.375. The first kappa shape index (κ1) is 27.0. The van der Waals surface area contributed by atoms with Crippen molar-refractivity contribution in [3.63, 3.8) is 0 Å². The van der Waals surface area contributed by atoms with Crippen LogP contribution in [0.5, 0.6) is 5.75 Å². The largest absolute Gasteiger partial charge is 0.489 e. The van der Waals surface area contributed by atoms with E-state index in [9.17, 15) is 40.0 Å². The van der Waals surface area contributed by atoms with E-state index in [1.807, 2.05) is 0 Å². The van der Waals surface area contributed by atoms with Gasteiger partial charge < -0.3 is 14.2 Å². The van der Waals surface area contributed by atoms with Gasteiger partial charge in [0.05, 0.1) is 9.13 Å². The maximum absolute atomic E-state index is 13.5. The molecule has 1 aromatic carbocycles. The third-order valence-electron chi connectivity index (χ3n) is 3.26. The molecule has 8 nitrogen and oxygen atoms in total. The number of ether oxygens (including phenoxy) is 3. The van der Waals surface area contributed by atoms with Crippen LogP contribution in [0, 0.1) is 3.57 Å². The van der Waals surface area contributed by atoms with E-state index in [0.717, 1.165) is 18.2 Å². The van der Waals surface area contributed by atoms with Gasteiger partial charge >= 0.3 is 33.5 Å². The molecule has 1 rings (SSSR count). The summed E-state index contributed by atoms with van der Waals surface area (Å²) < 4.78 is 109. The van der Waals surface area contributed by atoms with Crippen LogP contribution in [0.3, 0.4) is 0 Å². The molecule has 0 radical (unpaired) electrons. The van der Waals surface area contributed by atoms with Crippen LogP contribution >= 0.6 is 22.6 Å². The molecular weight excluding hydrogens is 574 g/mol. The Bertz CT molecular complexity index is 961. The minimum atomic E-state index is -6.55. The maximum atomic E-state index is 13.5. The van der Waals surface area contributed by atoms with Gasteiger partial charge in [0.2, 0.25) is 0 Å². The molecule has 0 saturated heterocycles. The molecule has 1 atom stereocenters. The fourth-order valence-corrected chi connectivity index (χ4v) is 2.91. The van der Waals surface area contributed by atoms with Crippen molar-refractivity contribution in [2.24, 2.45) is 0 Å². The summed E-state index contributed by atoms with van der Waals surface area (Å²) in [5.41, 5.74) is -0.472. The Balaban J connectivity index is 2.93. The molecule has 0 aliphatic heterocycles. The van der Waals surface area contributed by atoms with Crippen molar-refractivity contribution < 1.29 is 58.7 Å². The zero-order chi connectivity index (χ0) is 24.2. The van der Waals surface area contributed by atoms with Gasteiger partial charge in [0.1, 0.15) is 19.0 Å². The van der Waals surface area contributed by atoms with Gasteiger partial charge in [-0.05, 0) is 47.7 Å². The highest BCUT2D eigenvalue weighted by molar-refractivity contribution is 14.1. The summed E-state index contributed by atoms with van der Waals surface area (Å²) in [7, 11) is -6.55. The normalized spacial score (nSPS) is 13.3. The van der Waals surface area contributed by atoms with E-state index in [1.165, 1.54) is 6.92 Å². The Labute approximate surface area is 186 Å². The summed E-state index contributed by atoms with van der Waals surface area (Å²) in [6.07, 6.45) is -10.5. The van der Waals surface area contributed by atoms with Gasteiger partial charge in [-0.3, -0.25) is 4.55 Å². The molecule has 0 aliphatic carbocycles. The topological polar surface area (TPSA) is 116 Å². The summed E-state index contributed by atoms with van der Waals surface area (Å²) in [6.45, 7) is 4.51. The monoisotopic (exact) mass is 588 g/mol. The molecule has 0 bridgehead atoms. The highest BCUT2D eigenvalue weighted by Crippen LogP contribution is 2.38. The number of benzene rings is 1. The van der Waals surface area contributed by atoms with Gasteiger partial charge in [0.15, 0.2) is 0 Å². The summed E-state index contributed by atoms with van der Waals surface area (Å²) >= 11 is 1.61. The van der Waals surface area contributed by atoms with Gasteiger partial charge in [-0.25, -0.2) is 9.59 Å². The molecule has 0 aliphatic rings. The van der Waals surface area contributed by atoms with E-state index < -0.39 is 45.2 Å². The number of carbonyl (C=O) groups excluding carboxylic acids is 2. The van der Waals surface area contributed by atoms with Crippen molar-refractivity contribution in [3.05, 3.63) is 39.5 Å². The summed E-state index contributed by atoms with van der Waals surface area (Å²) in [5.74, 6) is -2.47. The predicted octanol–water partition coefficient (Wildman–Crippen LogP) is 3.36. The minimum absolute atomic E-state index is 0.110. The van der Waals surface area contributed by atoms with Gasteiger partial charge in [-0.1, -0.05) is 6.58 Å². The highest BCUT2D eigenvalue weighted by Gasteiger charge is 2.66. The molecule has 1 N–H and O–H groups in total. The Morgan fingerprint density at radius 2 is 1.77 bits per heavy atom. The molecule has 174 valence electrons. The quantitative estimate of drug-likeness (QED) is 0.117. The van der Waals surface area contributed by atoms with Crippen molar-refractivity contribution in [2.75, 3.05) is 13.2 Å². The molecule has 0 saturated carbocycles. The van der Waals surface area contributed by atoms with E-state index >= 15 is 0 Å². The number of esters is 2. The van der Waals surface area contributed by atoms with Crippen LogP contribution in [0.4, 0.5) is 22.0 Å². The third kappa shape index (κ3) is 7.27. The first-order chi connectivity index (χ1) is 14.0. The first-order valence-corrected chi connectivity index (χ1v) is 10.4. The van der Waals surface area contributed by atoms with Crippen LogP contribution in [0.15, 0.2) is 30.4 Å². The van der Waals surface area contributed by atoms with Gasteiger partial charge in [0.25, 0.3) is 6.10 Å². The molecule has 0 amide bonds. The molecular formula is C16H14F5IO8S. The third-order valence-corrected chi connectivity index (χ3v) is 5.01. The highest BCUT2D eigenvalue weighted by atomic mass is 127. The summed E-state index contributed by atoms with van der Waals surface area (Å²) in [6, 6.07) is 2.90. The van der Waals surface area contributed by atoms with Crippen LogP contribution in [-0.4, -0.2) is 55.7 Å². The summed E-state index contributed by atoms with van der Waals surface area (Å²) in [5, 5.41) is -5.83. The first-order valence-electron chi connectivity index (χ1n) is 7.86. The summed E-state index contributed by atoms with van der Waals surface area (Å²) in [4.78, 5) is 23.1. The number of halogens is 6. The van der Waals surface area contributed by atoms with E-state index in [0.29, 0.717) is 0 Å². The van der Waals surface area contributed by atoms with Crippen LogP contribution in [0.25, 0.3) is 0 Å². The van der Waals surface area contributed by atoms with Crippen molar-refractivity contribution in [3.8, 4) is 5.75 Å². The number of hydrogen-bond donors (Lipinski definition) is 1. The number of alkyl halides is 5. The second-order valence-corrected chi connectivity index (χ2v) is 8.43. The van der Waals surface area contributed by atoms with Crippen molar-refractivity contribution in [1.29, 1.82) is 0 Å². The molecule has 0 spiro atoms. The Morgan fingerprint density at radius 3 is 2.23 bits per heavy atom. The van der Waals surface area contributed by atoms with E-state index in [4.69, 9.17) is 14.0 Å². The Morgan fingerprint density at radius 1 is 1.19 bits per heavy atom. The molecule has 31 heavy (non-hydrogen) atoms. The second kappa shape index (κ2) is 10.1.